The van der Waals surface area contributed by atoms with Gasteiger partial charge in [-0.05, 0) is 44.9 Å². The van der Waals surface area contributed by atoms with Crippen molar-refractivity contribution in [1.82, 2.24) is 9.88 Å². The van der Waals surface area contributed by atoms with Gasteiger partial charge in [-0.25, -0.2) is 0 Å². The summed E-state index contributed by atoms with van der Waals surface area (Å²) in [6.45, 7) is 10.5. The molecule has 140 valence electrons. The molecular formula is C20H32N2O3. The van der Waals surface area contributed by atoms with Crippen LogP contribution in [0.1, 0.15) is 43.0 Å². The smallest absolute Gasteiger partial charge is 0.128 e. The third-order valence-corrected chi connectivity index (χ3v) is 6.27. The fourth-order valence-electron chi connectivity index (χ4n) is 4.61. The summed E-state index contributed by atoms with van der Waals surface area (Å²) >= 11 is 0. The zero-order valence-corrected chi connectivity index (χ0v) is 16.0. The lowest BCUT2D eigenvalue weighted by Gasteiger charge is -2.48. The molecule has 2 saturated heterocycles. The molecule has 0 radical (unpaired) electrons. The number of likely N-dealkylation sites (tertiary alicyclic amines) is 1. The summed E-state index contributed by atoms with van der Waals surface area (Å²) in [6.07, 6.45) is 4.70. The molecule has 5 heteroatoms. The summed E-state index contributed by atoms with van der Waals surface area (Å²) in [5.74, 6) is 1.57. The SMILES string of the molecule is COc1c(C)cnc(CN2CC[C@@](O)(C3CCOCC3)[C@H](C)C2)c1C. The number of piperidine rings is 1. The minimum Gasteiger partial charge on any atom is -0.496 e. The van der Waals surface area contributed by atoms with E-state index in [1.54, 1.807) is 7.11 Å². The number of methoxy groups -OCH3 is 1. The molecule has 1 N–H and O–H groups in total. The van der Waals surface area contributed by atoms with Gasteiger partial charge in [0.1, 0.15) is 5.75 Å². The molecular weight excluding hydrogens is 316 g/mol. The average molecular weight is 348 g/mol. The first-order chi connectivity index (χ1) is 12.0. The van der Waals surface area contributed by atoms with Gasteiger partial charge in [0, 0.05) is 50.2 Å². The van der Waals surface area contributed by atoms with Crippen molar-refractivity contribution in [2.24, 2.45) is 11.8 Å². The molecule has 2 aliphatic heterocycles. The maximum absolute atomic E-state index is 11.3. The largest absolute Gasteiger partial charge is 0.496 e. The molecule has 2 atom stereocenters. The number of nitrogens with zero attached hydrogens (tertiary/aromatic N) is 2. The number of pyridine rings is 1. The number of hydrogen-bond donors (Lipinski definition) is 1. The van der Waals surface area contributed by atoms with Crippen LogP contribution in [-0.4, -0.2) is 54.0 Å². The molecule has 0 saturated carbocycles. The van der Waals surface area contributed by atoms with Gasteiger partial charge in [0.05, 0.1) is 18.4 Å². The van der Waals surface area contributed by atoms with Gasteiger partial charge in [-0.15, -0.1) is 0 Å². The van der Waals surface area contributed by atoms with Gasteiger partial charge in [-0.2, -0.15) is 0 Å². The Kier molecular flexibility index (Phi) is 5.66. The van der Waals surface area contributed by atoms with Crippen LogP contribution < -0.4 is 4.74 Å². The Morgan fingerprint density at radius 1 is 1.36 bits per heavy atom. The maximum Gasteiger partial charge on any atom is 0.128 e. The van der Waals surface area contributed by atoms with Crippen molar-refractivity contribution >= 4 is 0 Å². The first-order valence-corrected chi connectivity index (χ1v) is 9.47. The molecule has 5 nitrogen and oxygen atoms in total. The van der Waals surface area contributed by atoms with Crippen molar-refractivity contribution in [3.8, 4) is 5.75 Å². The van der Waals surface area contributed by atoms with E-state index in [2.05, 4.69) is 23.7 Å². The Hall–Kier alpha value is -1.17. The van der Waals surface area contributed by atoms with Gasteiger partial charge in [-0.3, -0.25) is 9.88 Å². The van der Waals surface area contributed by atoms with Gasteiger partial charge in [0.15, 0.2) is 0 Å². The van der Waals surface area contributed by atoms with Crippen LogP contribution >= 0.6 is 0 Å². The van der Waals surface area contributed by atoms with Crippen LogP contribution in [0, 0.1) is 25.7 Å². The van der Waals surface area contributed by atoms with Crippen LogP contribution in [0.2, 0.25) is 0 Å². The number of aliphatic hydroxyl groups is 1. The summed E-state index contributed by atoms with van der Waals surface area (Å²) in [5.41, 5.74) is 2.73. The van der Waals surface area contributed by atoms with Crippen LogP contribution in [0.15, 0.2) is 6.20 Å². The van der Waals surface area contributed by atoms with Crippen molar-refractivity contribution in [2.45, 2.75) is 52.2 Å². The second kappa shape index (κ2) is 7.60. The predicted octanol–water partition coefficient (Wildman–Crippen LogP) is 2.71. The fourth-order valence-corrected chi connectivity index (χ4v) is 4.61. The monoisotopic (exact) mass is 348 g/mol. The molecule has 0 aliphatic carbocycles. The van der Waals surface area contributed by atoms with E-state index in [0.29, 0.717) is 5.92 Å². The third kappa shape index (κ3) is 3.69. The van der Waals surface area contributed by atoms with Crippen LogP contribution in [-0.2, 0) is 11.3 Å². The quantitative estimate of drug-likeness (QED) is 0.907. The van der Waals surface area contributed by atoms with Crippen LogP contribution in [0.25, 0.3) is 0 Å². The normalized spacial score (nSPS) is 28.9. The maximum atomic E-state index is 11.3. The van der Waals surface area contributed by atoms with E-state index in [-0.39, 0.29) is 5.92 Å². The highest BCUT2D eigenvalue weighted by Gasteiger charge is 2.45. The Balaban J connectivity index is 1.67. The molecule has 2 aliphatic rings. The van der Waals surface area contributed by atoms with Gasteiger partial charge >= 0.3 is 0 Å². The van der Waals surface area contributed by atoms with Crippen molar-refractivity contribution < 1.29 is 14.6 Å². The molecule has 3 rings (SSSR count). The van der Waals surface area contributed by atoms with E-state index >= 15 is 0 Å². The van der Waals surface area contributed by atoms with E-state index in [4.69, 9.17) is 9.47 Å². The first kappa shape index (κ1) is 18.6. The minimum absolute atomic E-state index is 0.261. The highest BCUT2D eigenvalue weighted by molar-refractivity contribution is 5.41. The van der Waals surface area contributed by atoms with E-state index in [1.165, 1.54) is 0 Å². The molecule has 0 amide bonds. The fraction of sp³-hybridized carbons (Fsp3) is 0.750. The Labute approximate surface area is 151 Å². The Morgan fingerprint density at radius 3 is 2.72 bits per heavy atom. The van der Waals surface area contributed by atoms with Crippen LogP contribution in [0.5, 0.6) is 5.75 Å². The molecule has 2 fully saturated rings. The summed E-state index contributed by atoms with van der Waals surface area (Å²) in [6, 6.07) is 0. The second-order valence-corrected chi connectivity index (χ2v) is 7.81. The van der Waals surface area contributed by atoms with E-state index < -0.39 is 5.60 Å². The Morgan fingerprint density at radius 2 is 2.08 bits per heavy atom. The summed E-state index contributed by atoms with van der Waals surface area (Å²) in [4.78, 5) is 7.05. The zero-order chi connectivity index (χ0) is 18.0. The number of ether oxygens (including phenoxy) is 2. The van der Waals surface area contributed by atoms with Crippen molar-refractivity contribution in [3.63, 3.8) is 0 Å². The van der Waals surface area contributed by atoms with Gasteiger partial charge in [0.2, 0.25) is 0 Å². The molecule has 3 heterocycles. The van der Waals surface area contributed by atoms with Gasteiger partial charge in [-0.1, -0.05) is 6.92 Å². The molecule has 1 aromatic rings. The van der Waals surface area contributed by atoms with E-state index in [9.17, 15) is 5.11 Å². The summed E-state index contributed by atoms with van der Waals surface area (Å²) in [7, 11) is 1.72. The number of aryl methyl sites for hydroxylation is 1. The molecule has 0 bridgehead atoms. The molecule has 25 heavy (non-hydrogen) atoms. The molecule has 0 spiro atoms. The number of aromatic nitrogens is 1. The first-order valence-electron chi connectivity index (χ1n) is 9.47. The van der Waals surface area contributed by atoms with Crippen molar-refractivity contribution in [3.05, 3.63) is 23.0 Å². The summed E-state index contributed by atoms with van der Waals surface area (Å²) in [5, 5.41) is 11.3. The van der Waals surface area contributed by atoms with Gasteiger partial charge < -0.3 is 14.6 Å². The lowest BCUT2D eigenvalue weighted by molar-refractivity contribution is -0.131. The lowest BCUT2D eigenvalue weighted by Crippen LogP contribution is -2.55. The third-order valence-electron chi connectivity index (χ3n) is 6.27. The predicted molar refractivity (Wildman–Crippen MR) is 97.8 cm³/mol. The zero-order valence-electron chi connectivity index (χ0n) is 16.0. The lowest BCUT2D eigenvalue weighted by atomic mass is 9.70. The highest BCUT2D eigenvalue weighted by atomic mass is 16.5. The molecule has 1 aromatic heterocycles. The van der Waals surface area contributed by atoms with Crippen LogP contribution in [0.3, 0.4) is 0 Å². The van der Waals surface area contributed by atoms with E-state index in [1.807, 2.05) is 13.1 Å². The number of rotatable bonds is 4. The molecule has 0 aromatic carbocycles. The molecule has 0 unspecified atom stereocenters. The highest BCUT2D eigenvalue weighted by Crippen LogP contribution is 2.39. The van der Waals surface area contributed by atoms with Gasteiger partial charge in [0.25, 0.3) is 0 Å². The van der Waals surface area contributed by atoms with Crippen molar-refractivity contribution in [1.29, 1.82) is 0 Å². The average Bonchev–Trinajstić information content (AvgIpc) is 2.62. The van der Waals surface area contributed by atoms with Crippen molar-refractivity contribution in [2.75, 3.05) is 33.4 Å². The second-order valence-electron chi connectivity index (χ2n) is 7.81. The number of hydrogen-bond acceptors (Lipinski definition) is 5. The topological polar surface area (TPSA) is 54.8 Å². The van der Waals surface area contributed by atoms with Crippen LogP contribution in [0.4, 0.5) is 0 Å². The van der Waals surface area contributed by atoms with E-state index in [0.717, 1.165) is 74.7 Å². The Bertz CT molecular complexity index is 601. The minimum atomic E-state index is -0.548. The standard InChI is InChI=1S/C20H32N2O3/c1-14-11-21-18(16(3)19(14)24-4)13-22-8-7-20(23,15(2)12-22)17-5-9-25-10-6-17/h11,15,17,23H,5-10,12-13H2,1-4H3/t15-,20+/m1/s1. The summed E-state index contributed by atoms with van der Waals surface area (Å²) < 4.78 is 11.0.